The maximum absolute atomic E-state index is 12.9. The Morgan fingerprint density at radius 2 is 1.93 bits per heavy atom. The number of nitrogens with zero attached hydrogens (tertiary/aromatic N) is 2. The van der Waals surface area contributed by atoms with E-state index in [1.54, 1.807) is 11.9 Å². The molecule has 1 aromatic rings. The van der Waals surface area contributed by atoms with Crippen LogP contribution in [0, 0.1) is 0 Å². The van der Waals surface area contributed by atoms with Crippen LogP contribution in [0.3, 0.4) is 0 Å². The summed E-state index contributed by atoms with van der Waals surface area (Å²) in [7, 11) is 1.69. The van der Waals surface area contributed by atoms with Crippen LogP contribution in [0.15, 0.2) is 18.2 Å². The highest BCUT2D eigenvalue weighted by Crippen LogP contribution is 2.39. The summed E-state index contributed by atoms with van der Waals surface area (Å²) in [5.41, 5.74) is 0.174. The van der Waals surface area contributed by atoms with Crippen LogP contribution in [0.25, 0.3) is 0 Å². The van der Waals surface area contributed by atoms with Crippen molar-refractivity contribution in [1.29, 1.82) is 0 Å². The van der Waals surface area contributed by atoms with Crippen molar-refractivity contribution in [3.05, 3.63) is 23.8 Å². The molecule has 2 heterocycles. The predicted octanol–water partition coefficient (Wildman–Crippen LogP) is 1.89. The molecule has 8 nitrogen and oxygen atoms in total. The average molecular weight is 390 g/mol. The number of aliphatic hydroxyl groups is 1. The molecule has 8 heteroatoms. The fourth-order valence-electron chi connectivity index (χ4n) is 4.30. The lowest BCUT2D eigenvalue weighted by Gasteiger charge is -2.35. The van der Waals surface area contributed by atoms with Crippen LogP contribution in [0.2, 0.25) is 0 Å². The molecule has 2 aliphatic heterocycles. The first-order valence-electron chi connectivity index (χ1n) is 9.75. The SMILES string of the molecule is CN1C(=O)N(CC(O)COCc2ccc3c(c2)OCO3)C(=O)C12CCCCC2. The molecule has 1 unspecified atom stereocenters. The number of amides is 3. The zero-order valence-corrected chi connectivity index (χ0v) is 16.1. The first-order chi connectivity index (χ1) is 13.5. The topological polar surface area (TPSA) is 88.5 Å². The number of hydrogen-bond acceptors (Lipinski definition) is 6. The van der Waals surface area contributed by atoms with Gasteiger partial charge in [0.25, 0.3) is 5.91 Å². The quantitative estimate of drug-likeness (QED) is 0.747. The Labute approximate surface area is 164 Å². The van der Waals surface area contributed by atoms with Crippen LogP contribution < -0.4 is 9.47 Å². The molecule has 3 amide bonds. The minimum absolute atomic E-state index is 0.0300. The molecular weight excluding hydrogens is 364 g/mol. The average Bonchev–Trinajstić information content (AvgIpc) is 3.23. The van der Waals surface area contributed by atoms with Crippen molar-refractivity contribution in [1.82, 2.24) is 9.80 Å². The van der Waals surface area contributed by atoms with E-state index < -0.39 is 11.6 Å². The van der Waals surface area contributed by atoms with Crippen LogP contribution in [-0.4, -0.2) is 65.5 Å². The Kier molecular flexibility index (Phi) is 5.16. The number of urea groups is 1. The van der Waals surface area contributed by atoms with Gasteiger partial charge in [0.05, 0.1) is 25.9 Å². The lowest BCUT2D eigenvalue weighted by Crippen LogP contribution is -2.49. The van der Waals surface area contributed by atoms with Crippen molar-refractivity contribution in [2.75, 3.05) is 27.0 Å². The van der Waals surface area contributed by atoms with Gasteiger partial charge in [0, 0.05) is 7.05 Å². The molecule has 152 valence electrons. The summed E-state index contributed by atoms with van der Waals surface area (Å²) in [4.78, 5) is 28.3. The van der Waals surface area contributed by atoms with Gasteiger partial charge in [-0.05, 0) is 30.5 Å². The molecule has 1 N–H and O–H groups in total. The molecule has 3 aliphatic rings. The lowest BCUT2D eigenvalue weighted by atomic mass is 9.81. The smallest absolute Gasteiger partial charge is 0.327 e. The Balaban J connectivity index is 1.30. The Morgan fingerprint density at radius 1 is 1.18 bits per heavy atom. The van der Waals surface area contributed by atoms with E-state index in [9.17, 15) is 14.7 Å². The molecule has 1 saturated carbocycles. The van der Waals surface area contributed by atoms with Crippen molar-refractivity contribution in [3.63, 3.8) is 0 Å². The molecule has 0 bridgehead atoms. The number of carbonyl (C=O) groups excluding carboxylic acids is 2. The van der Waals surface area contributed by atoms with Crippen LogP contribution in [0.1, 0.15) is 37.7 Å². The summed E-state index contributed by atoms with van der Waals surface area (Å²) in [5, 5.41) is 10.3. The first-order valence-corrected chi connectivity index (χ1v) is 9.75. The summed E-state index contributed by atoms with van der Waals surface area (Å²) in [6, 6.07) is 5.19. The third kappa shape index (κ3) is 3.31. The van der Waals surface area contributed by atoms with E-state index in [1.807, 2.05) is 18.2 Å². The molecule has 1 atom stereocenters. The van der Waals surface area contributed by atoms with Gasteiger partial charge < -0.3 is 24.2 Å². The monoisotopic (exact) mass is 390 g/mol. The van der Waals surface area contributed by atoms with Crippen LogP contribution in [-0.2, 0) is 16.1 Å². The number of imide groups is 1. The van der Waals surface area contributed by atoms with Gasteiger partial charge >= 0.3 is 6.03 Å². The molecule has 2 fully saturated rings. The zero-order chi connectivity index (χ0) is 19.7. The van der Waals surface area contributed by atoms with E-state index in [1.165, 1.54) is 4.90 Å². The standard InChI is InChI=1S/C20H26N2O6/c1-21-19(25)22(18(24)20(21)7-3-2-4-8-20)10-15(23)12-26-11-14-5-6-16-17(9-14)28-13-27-16/h5-6,9,15,23H,2-4,7-8,10-13H2,1H3. The molecule has 1 aliphatic carbocycles. The van der Waals surface area contributed by atoms with Crippen LogP contribution in [0.5, 0.6) is 11.5 Å². The van der Waals surface area contributed by atoms with E-state index in [-0.39, 0.29) is 31.9 Å². The molecule has 1 spiro atoms. The molecule has 0 radical (unpaired) electrons. The second-order valence-electron chi connectivity index (χ2n) is 7.71. The molecular formula is C20H26N2O6. The van der Waals surface area contributed by atoms with Crippen LogP contribution >= 0.6 is 0 Å². The second-order valence-corrected chi connectivity index (χ2v) is 7.71. The van der Waals surface area contributed by atoms with Crippen molar-refractivity contribution in [2.45, 2.75) is 50.4 Å². The van der Waals surface area contributed by atoms with E-state index in [4.69, 9.17) is 14.2 Å². The van der Waals surface area contributed by atoms with Crippen molar-refractivity contribution in [3.8, 4) is 11.5 Å². The molecule has 1 aromatic carbocycles. The van der Waals surface area contributed by atoms with Gasteiger partial charge in [0.2, 0.25) is 6.79 Å². The maximum Gasteiger partial charge on any atom is 0.327 e. The molecule has 28 heavy (non-hydrogen) atoms. The highest BCUT2D eigenvalue weighted by atomic mass is 16.7. The van der Waals surface area contributed by atoms with E-state index in [2.05, 4.69) is 0 Å². The second kappa shape index (κ2) is 7.60. The molecule has 4 rings (SSSR count). The summed E-state index contributed by atoms with van der Waals surface area (Å²) < 4.78 is 16.2. The van der Waals surface area contributed by atoms with Gasteiger partial charge in [0.15, 0.2) is 11.5 Å². The highest BCUT2D eigenvalue weighted by Gasteiger charge is 2.55. The number of carbonyl (C=O) groups is 2. The van der Waals surface area contributed by atoms with Gasteiger partial charge in [0.1, 0.15) is 5.54 Å². The van der Waals surface area contributed by atoms with Gasteiger partial charge in [-0.15, -0.1) is 0 Å². The van der Waals surface area contributed by atoms with Crippen LogP contribution in [0.4, 0.5) is 4.79 Å². The number of β-amino-alcohol motifs (C(OH)–C–C–N with tert-alkyl or cyclic N) is 1. The molecule has 1 saturated heterocycles. The van der Waals surface area contributed by atoms with Gasteiger partial charge in [-0.3, -0.25) is 9.69 Å². The Bertz CT molecular complexity index is 761. The van der Waals surface area contributed by atoms with Crippen molar-refractivity contribution in [2.24, 2.45) is 0 Å². The number of benzene rings is 1. The molecule has 0 aromatic heterocycles. The number of ether oxygens (including phenoxy) is 3. The number of fused-ring (bicyclic) bond motifs is 1. The minimum atomic E-state index is -0.936. The summed E-state index contributed by atoms with van der Waals surface area (Å²) in [5.74, 6) is 1.20. The van der Waals surface area contributed by atoms with Crippen molar-refractivity contribution < 1.29 is 28.9 Å². The van der Waals surface area contributed by atoms with Gasteiger partial charge in [-0.1, -0.05) is 25.3 Å². The van der Waals surface area contributed by atoms with E-state index in [0.717, 1.165) is 24.8 Å². The van der Waals surface area contributed by atoms with Gasteiger partial charge in [-0.2, -0.15) is 0 Å². The summed E-state index contributed by atoms with van der Waals surface area (Å²) in [6.45, 7) is 0.485. The first kappa shape index (κ1) is 19.0. The maximum atomic E-state index is 12.9. The third-order valence-corrected chi connectivity index (χ3v) is 5.89. The van der Waals surface area contributed by atoms with Crippen molar-refractivity contribution >= 4 is 11.9 Å². The predicted molar refractivity (Wildman–Crippen MR) is 98.9 cm³/mol. The fraction of sp³-hybridized carbons (Fsp3) is 0.600. The minimum Gasteiger partial charge on any atom is -0.454 e. The summed E-state index contributed by atoms with van der Waals surface area (Å²) >= 11 is 0. The third-order valence-electron chi connectivity index (χ3n) is 5.89. The summed E-state index contributed by atoms with van der Waals surface area (Å²) in [6.07, 6.45) is 3.43. The van der Waals surface area contributed by atoms with E-state index in [0.29, 0.717) is 30.9 Å². The Hall–Kier alpha value is -2.32. The van der Waals surface area contributed by atoms with Gasteiger partial charge in [-0.25, -0.2) is 4.79 Å². The van der Waals surface area contributed by atoms with E-state index >= 15 is 0 Å². The number of likely N-dealkylation sites (N-methyl/N-ethyl adjacent to an activating group) is 1. The highest BCUT2D eigenvalue weighted by molar-refractivity contribution is 6.07. The lowest BCUT2D eigenvalue weighted by molar-refractivity contribution is -0.135. The number of rotatable bonds is 6. The number of aliphatic hydroxyl groups excluding tert-OH is 1. The fourth-order valence-corrected chi connectivity index (χ4v) is 4.30. The normalized spacial score (nSPS) is 21.6. The Morgan fingerprint density at radius 3 is 2.71 bits per heavy atom. The largest absolute Gasteiger partial charge is 0.454 e. The zero-order valence-electron chi connectivity index (χ0n) is 16.1. The number of hydrogen-bond donors (Lipinski definition) is 1.